The van der Waals surface area contributed by atoms with Gasteiger partial charge in [-0.05, 0) is 78.7 Å². The third-order valence-electron chi connectivity index (χ3n) is 5.67. The number of ether oxygens (including phenoxy) is 1. The van der Waals surface area contributed by atoms with Gasteiger partial charge in [-0.15, -0.1) is 0 Å². The Morgan fingerprint density at radius 3 is 2.43 bits per heavy atom. The number of methoxy groups -OCH3 is 1. The molecule has 35 heavy (non-hydrogen) atoms. The van der Waals surface area contributed by atoms with E-state index < -0.39 is 5.91 Å². The Bertz CT molecular complexity index is 1380. The van der Waals surface area contributed by atoms with Crippen LogP contribution < -0.4 is 15.4 Å². The van der Waals surface area contributed by atoms with Crippen molar-refractivity contribution < 1.29 is 13.9 Å². The molecule has 0 unspecified atom stereocenters. The Balaban J connectivity index is 1.43. The third kappa shape index (κ3) is 5.59. The first kappa shape index (κ1) is 25.0. The molecule has 1 amide bonds. The minimum absolute atomic E-state index is 0.130. The zero-order chi connectivity index (χ0) is 25.1. The van der Waals surface area contributed by atoms with E-state index in [1.807, 2.05) is 30.3 Å². The van der Waals surface area contributed by atoms with Gasteiger partial charge in [0.15, 0.2) is 16.4 Å². The van der Waals surface area contributed by atoms with Crippen molar-refractivity contribution in [3.05, 3.63) is 75.8 Å². The molecular weight excluding hydrogens is 505 g/mol. The Labute approximate surface area is 218 Å². The molecule has 180 valence electrons. The average Bonchev–Trinajstić information content (AvgIpc) is 3.27. The number of benzene rings is 3. The minimum Gasteiger partial charge on any atom is -0.494 e. The van der Waals surface area contributed by atoms with Crippen LogP contribution in [0.4, 0.5) is 5.69 Å². The normalized spacial score (nSPS) is 11.8. The molecule has 1 atom stereocenters. The fraction of sp³-hybridized carbons (Fsp3) is 0.192. The highest BCUT2D eigenvalue weighted by Gasteiger charge is 2.15. The predicted molar refractivity (Wildman–Crippen MR) is 145 cm³/mol. The second-order valence-electron chi connectivity index (χ2n) is 8.01. The maximum absolute atomic E-state index is 12.5. The third-order valence-corrected chi connectivity index (χ3v) is 6.44. The van der Waals surface area contributed by atoms with Crippen molar-refractivity contribution in [2.75, 3.05) is 12.4 Å². The highest BCUT2D eigenvalue weighted by Crippen LogP contribution is 2.34. The van der Waals surface area contributed by atoms with Gasteiger partial charge in [-0.1, -0.05) is 43.1 Å². The molecule has 6 nitrogen and oxygen atoms in total. The van der Waals surface area contributed by atoms with Crippen molar-refractivity contribution in [2.24, 2.45) is 0 Å². The second kappa shape index (κ2) is 10.6. The zero-order valence-corrected chi connectivity index (χ0v) is 21.6. The molecule has 3 aromatic carbocycles. The lowest BCUT2D eigenvalue weighted by molar-refractivity contribution is 0.0977. The summed E-state index contributed by atoms with van der Waals surface area (Å²) in [6.07, 6.45) is 1.06. The van der Waals surface area contributed by atoms with Crippen LogP contribution in [0.25, 0.3) is 22.6 Å². The molecule has 0 saturated carbocycles. The van der Waals surface area contributed by atoms with Gasteiger partial charge in [-0.2, -0.15) is 0 Å². The lowest BCUT2D eigenvalue weighted by Gasteiger charge is -2.11. The molecule has 0 aliphatic carbocycles. The molecule has 2 N–H and O–H groups in total. The number of amides is 1. The number of thiocarbonyl (C=S) groups is 1. The van der Waals surface area contributed by atoms with Gasteiger partial charge in [-0.3, -0.25) is 10.1 Å². The number of nitrogens with one attached hydrogen (secondary N) is 2. The number of carbonyl (C=O) groups excluding carboxylic acids is 1. The number of oxazole rings is 1. The fourth-order valence-electron chi connectivity index (χ4n) is 3.53. The van der Waals surface area contributed by atoms with E-state index in [4.69, 9.17) is 44.6 Å². The number of aromatic nitrogens is 1. The van der Waals surface area contributed by atoms with Crippen LogP contribution in [0.3, 0.4) is 0 Å². The Hall–Kier alpha value is -3.13. The number of hydrogen-bond donors (Lipinski definition) is 2. The highest BCUT2D eigenvalue weighted by atomic mass is 35.5. The number of carbonyl (C=O) groups is 1. The monoisotopic (exact) mass is 527 g/mol. The zero-order valence-electron chi connectivity index (χ0n) is 19.3. The number of hydrogen-bond acceptors (Lipinski definition) is 5. The van der Waals surface area contributed by atoms with E-state index in [0.717, 1.165) is 23.1 Å². The van der Waals surface area contributed by atoms with Crippen molar-refractivity contribution in [2.45, 2.75) is 26.2 Å². The molecule has 9 heteroatoms. The van der Waals surface area contributed by atoms with Crippen molar-refractivity contribution in [3.8, 4) is 17.2 Å². The minimum atomic E-state index is -0.450. The van der Waals surface area contributed by atoms with Gasteiger partial charge in [-0.25, -0.2) is 4.98 Å². The van der Waals surface area contributed by atoms with Gasteiger partial charge in [0.2, 0.25) is 5.89 Å². The van der Waals surface area contributed by atoms with Crippen LogP contribution in [0.1, 0.15) is 42.1 Å². The molecule has 0 aliphatic rings. The van der Waals surface area contributed by atoms with E-state index in [1.54, 1.807) is 0 Å². The fourth-order valence-corrected chi connectivity index (χ4v) is 4.38. The van der Waals surface area contributed by atoms with Crippen LogP contribution in [-0.2, 0) is 0 Å². The van der Waals surface area contributed by atoms with Gasteiger partial charge >= 0.3 is 0 Å². The predicted octanol–water partition coefficient (Wildman–Crippen LogP) is 7.45. The molecule has 1 aromatic heterocycles. The van der Waals surface area contributed by atoms with Crippen LogP contribution in [0, 0.1) is 0 Å². The van der Waals surface area contributed by atoms with E-state index in [1.165, 1.54) is 24.8 Å². The van der Waals surface area contributed by atoms with Gasteiger partial charge in [0.1, 0.15) is 5.52 Å². The standard InChI is InChI=1S/C26H23Cl2N3O3S/c1-4-14(2)16-7-10-22-21(13-16)30-25(34-22)15-5-8-18(9-6-15)29-26(35)31-24(32)17-11-19(27)23(33-3)20(28)12-17/h5-14H,4H2,1-3H3,(H2,29,31,32,35)/t14-/m0/s1. The van der Waals surface area contributed by atoms with E-state index in [-0.39, 0.29) is 20.7 Å². The molecule has 0 radical (unpaired) electrons. The molecule has 0 spiro atoms. The van der Waals surface area contributed by atoms with Gasteiger partial charge in [0.05, 0.1) is 17.2 Å². The highest BCUT2D eigenvalue weighted by molar-refractivity contribution is 7.80. The molecule has 0 fully saturated rings. The second-order valence-corrected chi connectivity index (χ2v) is 9.24. The first-order valence-corrected chi connectivity index (χ1v) is 12.1. The lowest BCUT2D eigenvalue weighted by Crippen LogP contribution is -2.34. The first-order valence-electron chi connectivity index (χ1n) is 10.9. The quantitative estimate of drug-likeness (QED) is 0.253. The first-order chi connectivity index (χ1) is 16.8. The molecule has 1 heterocycles. The summed E-state index contributed by atoms with van der Waals surface area (Å²) in [6.45, 7) is 4.36. The largest absolute Gasteiger partial charge is 0.494 e. The summed E-state index contributed by atoms with van der Waals surface area (Å²) in [5, 5.41) is 6.19. The summed E-state index contributed by atoms with van der Waals surface area (Å²) >= 11 is 17.5. The van der Waals surface area contributed by atoms with Crippen molar-refractivity contribution in [3.63, 3.8) is 0 Å². The molecule has 0 bridgehead atoms. The number of nitrogens with zero attached hydrogens (tertiary/aromatic N) is 1. The van der Waals surface area contributed by atoms with Gasteiger partial charge < -0.3 is 14.5 Å². The van der Waals surface area contributed by atoms with Crippen LogP contribution >= 0.6 is 35.4 Å². The maximum atomic E-state index is 12.5. The molecule has 0 saturated heterocycles. The summed E-state index contributed by atoms with van der Waals surface area (Å²) in [7, 11) is 1.45. The summed E-state index contributed by atoms with van der Waals surface area (Å²) in [5.74, 6) is 0.860. The van der Waals surface area contributed by atoms with Gasteiger partial charge in [0.25, 0.3) is 5.91 Å². The van der Waals surface area contributed by atoms with Gasteiger partial charge in [0, 0.05) is 16.8 Å². The number of anilines is 1. The van der Waals surface area contributed by atoms with Crippen LogP contribution in [0.5, 0.6) is 5.75 Å². The average molecular weight is 528 g/mol. The number of rotatable bonds is 6. The Morgan fingerprint density at radius 2 is 1.80 bits per heavy atom. The van der Waals surface area contributed by atoms with E-state index >= 15 is 0 Å². The summed E-state index contributed by atoms with van der Waals surface area (Å²) in [4.78, 5) is 17.2. The smallest absolute Gasteiger partial charge is 0.257 e. The maximum Gasteiger partial charge on any atom is 0.257 e. The van der Waals surface area contributed by atoms with Crippen molar-refractivity contribution >= 4 is 63.2 Å². The molecule has 4 rings (SSSR count). The lowest BCUT2D eigenvalue weighted by atomic mass is 9.98. The number of fused-ring (bicyclic) bond motifs is 1. The molecule has 0 aliphatic heterocycles. The van der Waals surface area contributed by atoms with E-state index in [9.17, 15) is 4.79 Å². The van der Waals surface area contributed by atoms with Crippen LogP contribution in [0.2, 0.25) is 10.0 Å². The summed E-state index contributed by atoms with van der Waals surface area (Å²) < 4.78 is 11.0. The van der Waals surface area contributed by atoms with Crippen molar-refractivity contribution in [1.82, 2.24) is 10.3 Å². The summed E-state index contributed by atoms with van der Waals surface area (Å²) in [6, 6.07) is 16.5. The number of halogens is 2. The molecule has 4 aromatic rings. The SMILES string of the molecule is CC[C@H](C)c1ccc2oc(-c3ccc(NC(=S)NC(=O)c4cc(Cl)c(OC)c(Cl)c4)cc3)nc2c1. The molecular formula is C26H23Cl2N3O3S. The summed E-state index contributed by atoms with van der Waals surface area (Å²) in [5.41, 5.74) is 4.61. The van der Waals surface area contributed by atoms with Crippen LogP contribution in [-0.4, -0.2) is 23.1 Å². The van der Waals surface area contributed by atoms with E-state index in [0.29, 0.717) is 23.2 Å². The van der Waals surface area contributed by atoms with Crippen molar-refractivity contribution in [1.29, 1.82) is 0 Å². The Kier molecular flexibility index (Phi) is 7.60. The topological polar surface area (TPSA) is 76.4 Å². The van der Waals surface area contributed by atoms with Crippen LogP contribution in [0.15, 0.2) is 59.0 Å². The van der Waals surface area contributed by atoms with E-state index in [2.05, 4.69) is 41.6 Å². The Morgan fingerprint density at radius 1 is 1.11 bits per heavy atom.